The highest BCUT2D eigenvalue weighted by molar-refractivity contribution is 5.95. The van der Waals surface area contributed by atoms with Crippen molar-refractivity contribution in [2.45, 2.75) is 0 Å². The fourth-order valence-electron chi connectivity index (χ4n) is 2.38. The van der Waals surface area contributed by atoms with Crippen molar-refractivity contribution >= 4 is 27.6 Å². The van der Waals surface area contributed by atoms with Gasteiger partial charge < -0.3 is 0 Å². The van der Waals surface area contributed by atoms with Gasteiger partial charge in [-0.05, 0) is 39.6 Å². The molecule has 0 spiro atoms. The number of rotatable bonds is 2. The Hall–Kier alpha value is -3.44. The lowest BCUT2D eigenvalue weighted by atomic mass is 10.1. The van der Waals surface area contributed by atoms with Crippen LogP contribution in [0.15, 0.2) is 60.0 Å². The molecule has 0 saturated heterocycles. The molecule has 7 heteroatoms. The summed E-state index contributed by atoms with van der Waals surface area (Å²) in [5.41, 5.74) is 10.1. The minimum absolute atomic E-state index is 0.203. The van der Waals surface area contributed by atoms with Gasteiger partial charge in [0, 0.05) is 17.3 Å². The van der Waals surface area contributed by atoms with E-state index >= 15 is 0 Å². The lowest BCUT2D eigenvalue weighted by molar-refractivity contribution is 0.846. The van der Waals surface area contributed by atoms with Crippen LogP contribution < -0.4 is 0 Å². The predicted octanol–water partition coefficient (Wildman–Crippen LogP) is 3.91. The van der Waals surface area contributed by atoms with E-state index in [1.165, 1.54) is 4.68 Å². The first-order chi connectivity index (χ1) is 10.8. The Morgan fingerprint density at radius 1 is 1.00 bits per heavy atom. The third-order valence-electron chi connectivity index (χ3n) is 3.36. The summed E-state index contributed by atoms with van der Waals surface area (Å²) >= 11 is 0. The molecule has 0 aliphatic carbocycles. The van der Waals surface area contributed by atoms with Gasteiger partial charge >= 0.3 is 0 Å². The van der Waals surface area contributed by atoms with Crippen molar-refractivity contribution in [2.24, 2.45) is 5.11 Å². The Kier molecular flexibility index (Phi) is 2.71. The van der Waals surface area contributed by atoms with Crippen LogP contribution in [0, 0.1) is 0 Å². The van der Waals surface area contributed by atoms with Gasteiger partial charge in [-0.15, -0.1) is 0 Å². The molecule has 4 aromatic rings. The van der Waals surface area contributed by atoms with Gasteiger partial charge in [-0.3, -0.25) is 0 Å². The highest BCUT2D eigenvalue weighted by Gasteiger charge is 2.10. The monoisotopic (exact) mass is 287 g/mol. The van der Waals surface area contributed by atoms with Crippen LogP contribution in [-0.4, -0.2) is 19.7 Å². The molecule has 0 unspecified atom stereocenters. The third-order valence-corrected chi connectivity index (χ3v) is 3.36. The molecular weight excluding hydrogens is 278 g/mol. The van der Waals surface area contributed by atoms with Crippen molar-refractivity contribution in [3.63, 3.8) is 0 Å². The molecule has 0 fully saturated rings. The molecule has 22 heavy (non-hydrogen) atoms. The molecule has 2 aromatic heterocycles. The van der Waals surface area contributed by atoms with Gasteiger partial charge in [-0.2, -0.15) is 5.10 Å². The maximum Gasteiger partial charge on any atom is 0.182 e. The number of hydrogen-bond acceptors (Lipinski definition) is 4. The maximum absolute atomic E-state index is 8.75. The molecule has 0 bridgehead atoms. The Morgan fingerprint density at radius 3 is 2.36 bits per heavy atom. The zero-order valence-electron chi connectivity index (χ0n) is 11.3. The molecule has 0 amide bonds. The van der Waals surface area contributed by atoms with Crippen molar-refractivity contribution in [1.82, 2.24) is 19.7 Å². The molecule has 0 radical (unpaired) electrons. The molecule has 0 aliphatic rings. The second-order valence-corrected chi connectivity index (χ2v) is 4.70. The molecule has 2 aromatic carbocycles. The first kappa shape index (κ1) is 12.3. The minimum atomic E-state index is 0.203. The molecule has 7 nitrogen and oxygen atoms in total. The van der Waals surface area contributed by atoms with Crippen LogP contribution in [-0.2, 0) is 0 Å². The van der Waals surface area contributed by atoms with Crippen molar-refractivity contribution < 1.29 is 0 Å². The van der Waals surface area contributed by atoms with Crippen molar-refractivity contribution in [2.75, 3.05) is 0 Å². The fourth-order valence-corrected chi connectivity index (χ4v) is 2.38. The van der Waals surface area contributed by atoms with E-state index in [1.807, 2.05) is 36.4 Å². The minimum Gasteiger partial charge on any atom is -0.241 e. The number of fused-ring (bicyclic) bond motifs is 2. The summed E-state index contributed by atoms with van der Waals surface area (Å²) in [6, 6.07) is 13.6. The van der Waals surface area contributed by atoms with Gasteiger partial charge in [-0.25, -0.2) is 14.6 Å². The average Bonchev–Trinajstić information content (AvgIpc) is 3.07. The average molecular weight is 287 g/mol. The topological polar surface area (TPSA) is 92.4 Å². The van der Waals surface area contributed by atoms with E-state index in [0.29, 0.717) is 11.3 Å². The molecule has 0 saturated carbocycles. The third kappa shape index (κ3) is 1.93. The molecule has 0 aliphatic heterocycles. The SMILES string of the molecule is [N-]=[N+]=Nc1nc2cc3ccccc3cc2nc1-n1cccn1. The first-order valence-corrected chi connectivity index (χ1v) is 6.61. The summed E-state index contributed by atoms with van der Waals surface area (Å²) in [4.78, 5) is 11.8. The van der Waals surface area contributed by atoms with E-state index in [4.69, 9.17) is 5.53 Å². The number of hydrogen-bond donors (Lipinski definition) is 0. The van der Waals surface area contributed by atoms with Crippen LogP contribution in [0.25, 0.3) is 38.1 Å². The Labute approximate surface area is 124 Å². The molecule has 4 rings (SSSR count). The summed E-state index contributed by atoms with van der Waals surface area (Å²) in [6.07, 6.45) is 3.36. The highest BCUT2D eigenvalue weighted by atomic mass is 15.3. The zero-order valence-corrected chi connectivity index (χ0v) is 11.3. The zero-order chi connectivity index (χ0) is 14.9. The number of aromatic nitrogens is 4. The summed E-state index contributed by atoms with van der Waals surface area (Å²) in [6.45, 7) is 0. The lowest BCUT2D eigenvalue weighted by Crippen LogP contribution is -2.00. The predicted molar refractivity (Wildman–Crippen MR) is 83.0 cm³/mol. The number of benzene rings is 2. The van der Waals surface area contributed by atoms with Gasteiger partial charge in [0.25, 0.3) is 0 Å². The Balaban J connectivity index is 2.08. The smallest absolute Gasteiger partial charge is 0.182 e. The number of nitrogens with zero attached hydrogens (tertiary/aromatic N) is 7. The van der Waals surface area contributed by atoms with Crippen LogP contribution >= 0.6 is 0 Å². The van der Waals surface area contributed by atoms with Crippen molar-refractivity contribution in [3.8, 4) is 5.82 Å². The van der Waals surface area contributed by atoms with Gasteiger partial charge in [-0.1, -0.05) is 24.3 Å². The molecule has 104 valence electrons. The summed E-state index contributed by atoms with van der Waals surface area (Å²) in [5, 5.41) is 9.90. The van der Waals surface area contributed by atoms with E-state index in [2.05, 4.69) is 25.1 Å². The van der Waals surface area contributed by atoms with E-state index in [1.54, 1.807) is 18.5 Å². The normalized spacial score (nSPS) is 10.7. The Morgan fingerprint density at radius 2 is 1.73 bits per heavy atom. The van der Waals surface area contributed by atoms with Gasteiger partial charge in [0.15, 0.2) is 11.6 Å². The summed E-state index contributed by atoms with van der Waals surface area (Å²) in [7, 11) is 0. The van der Waals surface area contributed by atoms with E-state index in [-0.39, 0.29) is 5.82 Å². The van der Waals surface area contributed by atoms with Gasteiger partial charge in [0.1, 0.15) is 0 Å². The summed E-state index contributed by atoms with van der Waals surface area (Å²) < 4.78 is 1.53. The quantitative estimate of drug-likeness (QED) is 0.242. The van der Waals surface area contributed by atoms with Gasteiger partial charge in [0.2, 0.25) is 0 Å². The largest absolute Gasteiger partial charge is 0.241 e. The van der Waals surface area contributed by atoms with Crippen molar-refractivity contribution in [1.29, 1.82) is 0 Å². The van der Waals surface area contributed by atoms with Crippen LogP contribution in [0.3, 0.4) is 0 Å². The highest BCUT2D eigenvalue weighted by Crippen LogP contribution is 2.26. The van der Waals surface area contributed by atoms with Crippen LogP contribution in [0.5, 0.6) is 0 Å². The van der Waals surface area contributed by atoms with E-state index in [9.17, 15) is 0 Å². The standard InChI is InChI=1S/C15H9N7/c16-21-20-14-15(22-7-3-6-17-22)19-13-9-11-5-2-1-4-10(11)8-12(13)18-14/h1-9H. The Bertz CT molecular complexity index is 1030. The number of azide groups is 1. The van der Waals surface area contributed by atoms with Gasteiger partial charge in [0.05, 0.1) is 11.0 Å². The van der Waals surface area contributed by atoms with E-state index in [0.717, 1.165) is 16.3 Å². The molecule has 0 atom stereocenters. The second-order valence-electron chi connectivity index (χ2n) is 4.70. The van der Waals surface area contributed by atoms with Crippen molar-refractivity contribution in [3.05, 3.63) is 65.3 Å². The molecular formula is C15H9N7. The van der Waals surface area contributed by atoms with Crippen LogP contribution in [0.1, 0.15) is 0 Å². The maximum atomic E-state index is 8.75. The van der Waals surface area contributed by atoms with E-state index < -0.39 is 0 Å². The lowest BCUT2D eigenvalue weighted by Gasteiger charge is -2.07. The molecule has 0 N–H and O–H groups in total. The summed E-state index contributed by atoms with van der Waals surface area (Å²) in [5.74, 6) is 0.611. The van der Waals surface area contributed by atoms with Crippen LogP contribution in [0.2, 0.25) is 0 Å². The van der Waals surface area contributed by atoms with Crippen LogP contribution in [0.4, 0.5) is 5.82 Å². The fraction of sp³-hybridized carbons (Fsp3) is 0. The molecule has 2 heterocycles. The second kappa shape index (κ2) is 4.83. The first-order valence-electron chi connectivity index (χ1n) is 6.61.